The zero-order chi connectivity index (χ0) is 16.1. The molecule has 3 rings (SSSR count). The fourth-order valence-corrected chi connectivity index (χ4v) is 3.65. The van der Waals surface area contributed by atoms with Gasteiger partial charge >= 0.3 is 0 Å². The van der Waals surface area contributed by atoms with Crippen molar-refractivity contribution in [3.63, 3.8) is 0 Å². The summed E-state index contributed by atoms with van der Waals surface area (Å²) < 4.78 is 2.13. The van der Waals surface area contributed by atoms with Crippen LogP contribution in [0.1, 0.15) is 50.5 Å². The Labute approximate surface area is 140 Å². The van der Waals surface area contributed by atoms with Crippen molar-refractivity contribution in [2.75, 3.05) is 5.75 Å². The quantitative estimate of drug-likeness (QED) is 0.824. The van der Waals surface area contributed by atoms with Crippen LogP contribution in [0.2, 0.25) is 0 Å². The number of carbonyl (C=O) groups is 1. The molecule has 122 valence electrons. The van der Waals surface area contributed by atoms with E-state index in [-0.39, 0.29) is 11.9 Å². The normalized spacial score (nSPS) is 16.4. The molecule has 0 unspecified atom stereocenters. The number of aromatic nitrogens is 4. The molecular formula is C16H21N5OS. The fourth-order valence-electron chi connectivity index (χ4n) is 2.96. The first-order valence-corrected chi connectivity index (χ1v) is 8.94. The number of thioether (sulfide) groups is 1. The number of pyridine rings is 1. The van der Waals surface area contributed by atoms with Gasteiger partial charge in [-0.15, -0.1) is 22.0 Å². The summed E-state index contributed by atoms with van der Waals surface area (Å²) in [6.07, 6.45) is 10.1. The number of amides is 1. The Bertz CT molecular complexity index is 639. The van der Waals surface area contributed by atoms with Gasteiger partial charge in [-0.3, -0.25) is 9.78 Å². The minimum Gasteiger partial charge on any atom is -0.346 e. The zero-order valence-corrected chi connectivity index (χ0v) is 14.0. The van der Waals surface area contributed by atoms with Gasteiger partial charge in [0.15, 0.2) is 5.82 Å². The second kappa shape index (κ2) is 7.59. The van der Waals surface area contributed by atoms with Crippen molar-refractivity contribution in [1.82, 2.24) is 25.1 Å². The van der Waals surface area contributed by atoms with Gasteiger partial charge < -0.3 is 9.88 Å². The first-order chi connectivity index (χ1) is 11.2. The molecule has 1 aliphatic carbocycles. The summed E-state index contributed by atoms with van der Waals surface area (Å²) in [5.74, 6) is 1.23. The van der Waals surface area contributed by atoms with Crippen molar-refractivity contribution in [1.29, 1.82) is 0 Å². The Balaban J connectivity index is 1.55. The highest BCUT2D eigenvalue weighted by atomic mass is 32.2. The molecule has 6 nitrogen and oxygen atoms in total. The van der Waals surface area contributed by atoms with Crippen molar-refractivity contribution < 1.29 is 4.79 Å². The van der Waals surface area contributed by atoms with Crippen LogP contribution < -0.4 is 5.32 Å². The minimum atomic E-state index is -0.136. The molecule has 0 radical (unpaired) electrons. The van der Waals surface area contributed by atoms with E-state index in [1.807, 2.05) is 19.1 Å². The van der Waals surface area contributed by atoms with Crippen LogP contribution in [0, 0.1) is 0 Å². The molecule has 2 aromatic heterocycles. The maximum atomic E-state index is 12.1. The van der Waals surface area contributed by atoms with Gasteiger partial charge in [0.1, 0.15) is 6.33 Å². The van der Waals surface area contributed by atoms with Crippen LogP contribution in [0.4, 0.5) is 0 Å². The molecule has 0 bridgehead atoms. The lowest BCUT2D eigenvalue weighted by Crippen LogP contribution is -2.30. The number of hydrogen-bond donors (Lipinski definition) is 1. The van der Waals surface area contributed by atoms with Gasteiger partial charge in [-0.25, -0.2) is 0 Å². The molecule has 1 N–H and O–H groups in total. The van der Waals surface area contributed by atoms with Crippen LogP contribution in [0.25, 0.3) is 0 Å². The Morgan fingerprint density at radius 2 is 2.13 bits per heavy atom. The van der Waals surface area contributed by atoms with E-state index < -0.39 is 0 Å². The highest BCUT2D eigenvalue weighted by Gasteiger charge is 2.23. The summed E-state index contributed by atoms with van der Waals surface area (Å²) in [6.45, 7) is 1.96. The van der Waals surface area contributed by atoms with E-state index in [0.29, 0.717) is 11.8 Å². The average Bonchev–Trinajstić information content (AvgIpc) is 3.24. The lowest BCUT2D eigenvalue weighted by atomic mass is 10.2. The SMILES string of the molecule is C[C@@H](NC(=O)CSc1ccncc1)c1nncn1C1CCCC1. The number of rotatable bonds is 6. The first-order valence-electron chi connectivity index (χ1n) is 7.95. The van der Waals surface area contributed by atoms with Gasteiger partial charge in [-0.2, -0.15) is 0 Å². The Morgan fingerprint density at radius 3 is 2.87 bits per heavy atom. The number of nitrogens with zero attached hydrogens (tertiary/aromatic N) is 4. The third-order valence-electron chi connectivity index (χ3n) is 4.10. The summed E-state index contributed by atoms with van der Waals surface area (Å²) >= 11 is 1.50. The van der Waals surface area contributed by atoms with Crippen LogP contribution in [0.15, 0.2) is 35.7 Å². The van der Waals surface area contributed by atoms with E-state index in [1.165, 1.54) is 37.4 Å². The topological polar surface area (TPSA) is 72.7 Å². The molecule has 1 aliphatic rings. The second-order valence-corrected chi connectivity index (χ2v) is 6.84. The lowest BCUT2D eigenvalue weighted by Gasteiger charge is -2.18. The van der Waals surface area contributed by atoms with Crippen LogP contribution in [0.5, 0.6) is 0 Å². The highest BCUT2D eigenvalue weighted by Crippen LogP contribution is 2.31. The molecule has 1 amide bonds. The van der Waals surface area contributed by atoms with E-state index in [4.69, 9.17) is 0 Å². The van der Waals surface area contributed by atoms with Crippen LogP contribution in [-0.2, 0) is 4.79 Å². The van der Waals surface area contributed by atoms with Crippen LogP contribution in [0.3, 0.4) is 0 Å². The van der Waals surface area contributed by atoms with Crippen molar-refractivity contribution in [2.45, 2.75) is 49.6 Å². The predicted molar refractivity (Wildman–Crippen MR) is 89.0 cm³/mol. The second-order valence-electron chi connectivity index (χ2n) is 5.80. The third-order valence-corrected chi connectivity index (χ3v) is 5.12. The maximum absolute atomic E-state index is 12.1. The largest absolute Gasteiger partial charge is 0.346 e. The standard InChI is InChI=1S/C16H21N5OS/c1-12(16-20-18-11-21(16)13-4-2-3-5-13)19-15(22)10-23-14-6-8-17-9-7-14/h6-9,11-13H,2-5,10H2,1H3,(H,19,22)/t12-/m1/s1. The molecule has 7 heteroatoms. The number of carbonyl (C=O) groups excluding carboxylic acids is 1. The molecule has 2 aromatic rings. The Kier molecular flexibility index (Phi) is 5.27. The van der Waals surface area contributed by atoms with E-state index in [1.54, 1.807) is 18.7 Å². The molecule has 0 spiro atoms. The fraction of sp³-hybridized carbons (Fsp3) is 0.500. The van der Waals surface area contributed by atoms with Crippen molar-refractivity contribution in [3.8, 4) is 0 Å². The van der Waals surface area contributed by atoms with E-state index >= 15 is 0 Å². The van der Waals surface area contributed by atoms with Gasteiger partial charge in [0.05, 0.1) is 11.8 Å². The molecular weight excluding hydrogens is 310 g/mol. The summed E-state index contributed by atoms with van der Waals surface area (Å²) in [7, 11) is 0. The monoisotopic (exact) mass is 331 g/mol. The summed E-state index contributed by atoms with van der Waals surface area (Å²) in [6, 6.07) is 4.14. The van der Waals surface area contributed by atoms with Crippen LogP contribution in [-0.4, -0.2) is 31.4 Å². The maximum Gasteiger partial charge on any atom is 0.230 e. The van der Waals surface area contributed by atoms with Gasteiger partial charge in [-0.1, -0.05) is 12.8 Å². The van der Waals surface area contributed by atoms with E-state index in [0.717, 1.165) is 10.7 Å². The van der Waals surface area contributed by atoms with Crippen LogP contribution >= 0.6 is 11.8 Å². The zero-order valence-electron chi connectivity index (χ0n) is 13.2. The number of hydrogen-bond acceptors (Lipinski definition) is 5. The van der Waals surface area contributed by atoms with Crippen molar-refractivity contribution in [3.05, 3.63) is 36.7 Å². The van der Waals surface area contributed by atoms with E-state index in [9.17, 15) is 4.79 Å². The molecule has 1 saturated carbocycles. The minimum absolute atomic E-state index is 0.000263. The highest BCUT2D eigenvalue weighted by molar-refractivity contribution is 8.00. The Hall–Kier alpha value is -1.89. The van der Waals surface area contributed by atoms with Crippen molar-refractivity contribution in [2.24, 2.45) is 0 Å². The van der Waals surface area contributed by atoms with Gasteiger partial charge in [0, 0.05) is 23.3 Å². The van der Waals surface area contributed by atoms with Gasteiger partial charge in [-0.05, 0) is 31.9 Å². The number of nitrogens with one attached hydrogen (secondary N) is 1. The molecule has 1 fully saturated rings. The Morgan fingerprint density at radius 1 is 1.39 bits per heavy atom. The smallest absolute Gasteiger partial charge is 0.230 e. The molecule has 0 aliphatic heterocycles. The summed E-state index contributed by atoms with van der Waals surface area (Å²) in [5, 5.41) is 11.3. The molecule has 0 saturated heterocycles. The molecule has 0 aromatic carbocycles. The third kappa shape index (κ3) is 4.10. The summed E-state index contributed by atoms with van der Waals surface area (Å²) in [5.41, 5.74) is 0. The van der Waals surface area contributed by atoms with E-state index in [2.05, 4.69) is 25.1 Å². The molecule has 1 atom stereocenters. The average molecular weight is 331 g/mol. The molecule has 2 heterocycles. The van der Waals surface area contributed by atoms with Gasteiger partial charge in [0.2, 0.25) is 5.91 Å². The predicted octanol–water partition coefficient (Wildman–Crippen LogP) is 2.76. The summed E-state index contributed by atoms with van der Waals surface area (Å²) in [4.78, 5) is 17.2. The molecule has 23 heavy (non-hydrogen) atoms. The lowest BCUT2D eigenvalue weighted by molar-refractivity contribution is -0.119. The van der Waals surface area contributed by atoms with Crippen molar-refractivity contribution >= 4 is 17.7 Å². The van der Waals surface area contributed by atoms with Gasteiger partial charge in [0.25, 0.3) is 0 Å². The first kappa shape index (κ1) is 16.0.